The minimum absolute atomic E-state index is 0.0134. The van der Waals surface area contributed by atoms with E-state index in [1.165, 1.54) is 30.3 Å². The highest BCUT2D eigenvalue weighted by Crippen LogP contribution is 2.35. The second-order valence-corrected chi connectivity index (χ2v) is 6.75. The third-order valence-corrected chi connectivity index (χ3v) is 4.67. The van der Waals surface area contributed by atoms with Crippen molar-refractivity contribution in [3.05, 3.63) is 102 Å². The van der Waals surface area contributed by atoms with Crippen LogP contribution in [0.1, 0.15) is 11.1 Å². The van der Waals surface area contributed by atoms with Crippen molar-refractivity contribution in [3.8, 4) is 0 Å². The molecule has 0 atom stereocenters. The maximum atomic E-state index is 13.7. The largest absolute Gasteiger partial charge is 0.416 e. The van der Waals surface area contributed by atoms with E-state index >= 15 is 0 Å². The van der Waals surface area contributed by atoms with Gasteiger partial charge in [0, 0.05) is 5.69 Å². The molecule has 0 aliphatic carbocycles. The Balaban J connectivity index is 1.81. The van der Waals surface area contributed by atoms with Gasteiger partial charge in [-0.3, -0.25) is 9.59 Å². The van der Waals surface area contributed by atoms with Crippen molar-refractivity contribution >= 4 is 28.8 Å². The molecule has 0 unspecified atom stereocenters. The van der Waals surface area contributed by atoms with E-state index in [2.05, 4.69) is 5.32 Å². The van der Waals surface area contributed by atoms with Gasteiger partial charge in [-0.15, -0.1) is 0 Å². The predicted molar refractivity (Wildman–Crippen MR) is 107 cm³/mol. The summed E-state index contributed by atoms with van der Waals surface area (Å²) in [6, 6.07) is 17.5. The summed E-state index contributed by atoms with van der Waals surface area (Å²) in [6.07, 6.45) is -4.57. The number of nitrogens with zero attached hydrogens (tertiary/aromatic N) is 1. The molecule has 0 saturated heterocycles. The standard InChI is InChI=1S/C23H14F4N2O2/c24-16-9-5-11-18(13-16)29-21(30)19(14-6-2-1-3-7-14)20(22(29)31)28-17-10-4-8-15(12-17)23(25,26)27/h1-13,28H. The Kier molecular flexibility index (Phi) is 5.06. The zero-order chi connectivity index (χ0) is 22.2. The number of nitrogens with one attached hydrogen (secondary N) is 1. The third kappa shape index (κ3) is 3.92. The lowest BCUT2D eigenvalue weighted by atomic mass is 10.0. The van der Waals surface area contributed by atoms with Crippen LogP contribution in [0.2, 0.25) is 0 Å². The van der Waals surface area contributed by atoms with Crippen LogP contribution in [0.15, 0.2) is 84.6 Å². The normalized spacial score (nSPS) is 14.4. The molecule has 1 heterocycles. The predicted octanol–water partition coefficient (Wildman–Crippen LogP) is 5.24. The smallest absolute Gasteiger partial charge is 0.350 e. The Bertz CT molecular complexity index is 1200. The average Bonchev–Trinajstić information content (AvgIpc) is 2.98. The zero-order valence-electron chi connectivity index (χ0n) is 15.8. The molecule has 0 bridgehead atoms. The minimum Gasteiger partial charge on any atom is -0.350 e. The molecule has 8 heteroatoms. The van der Waals surface area contributed by atoms with Crippen LogP contribution in [0.4, 0.5) is 28.9 Å². The molecule has 1 aliphatic heterocycles. The molecule has 0 saturated carbocycles. The third-order valence-electron chi connectivity index (χ3n) is 4.67. The summed E-state index contributed by atoms with van der Waals surface area (Å²) in [7, 11) is 0. The molecular weight excluding hydrogens is 412 g/mol. The second-order valence-electron chi connectivity index (χ2n) is 6.75. The van der Waals surface area contributed by atoms with E-state index in [0.717, 1.165) is 23.1 Å². The summed E-state index contributed by atoms with van der Waals surface area (Å²) in [5.74, 6) is -2.15. The van der Waals surface area contributed by atoms with Gasteiger partial charge >= 0.3 is 6.18 Å². The van der Waals surface area contributed by atoms with Gasteiger partial charge in [-0.2, -0.15) is 13.2 Å². The van der Waals surface area contributed by atoms with E-state index in [1.807, 2.05) is 0 Å². The van der Waals surface area contributed by atoms with Crippen molar-refractivity contribution in [3.63, 3.8) is 0 Å². The summed E-state index contributed by atoms with van der Waals surface area (Å²) in [6.45, 7) is 0. The van der Waals surface area contributed by atoms with E-state index in [0.29, 0.717) is 5.56 Å². The molecule has 1 aliphatic rings. The van der Waals surface area contributed by atoms with E-state index in [9.17, 15) is 27.2 Å². The Morgan fingerprint density at radius 3 is 2.16 bits per heavy atom. The van der Waals surface area contributed by atoms with Gasteiger partial charge < -0.3 is 5.32 Å². The molecule has 3 aromatic rings. The molecule has 4 nitrogen and oxygen atoms in total. The molecule has 1 N–H and O–H groups in total. The van der Waals surface area contributed by atoms with Crippen LogP contribution in [0.25, 0.3) is 5.57 Å². The quantitative estimate of drug-likeness (QED) is 0.459. The lowest BCUT2D eigenvalue weighted by Crippen LogP contribution is -2.32. The van der Waals surface area contributed by atoms with Crippen molar-refractivity contribution in [2.75, 3.05) is 10.2 Å². The first-order valence-electron chi connectivity index (χ1n) is 9.14. The first-order valence-corrected chi connectivity index (χ1v) is 9.14. The molecule has 0 aromatic heterocycles. The lowest BCUT2D eigenvalue weighted by molar-refractivity contribution is -0.137. The van der Waals surface area contributed by atoms with Gasteiger partial charge in [0.1, 0.15) is 11.5 Å². The molecule has 2 amide bonds. The summed E-state index contributed by atoms with van der Waals surface area (Å²) in [5.41, 5.74) is -0.718. The molecule has 3 aromatic carbocycles. The average molecular weight is 426 g/mol. The number of imide groups is 1. The number of anilines is 2. The van der Waals surface area contributed by atoms with Crippen LogP contribution in [0, 0.1) is 5.82 Å². The molecule has 156 valence electrons. The molecular formula is C23H14F4N2O2. The van der Waals surface area contributed by atoms with Gasteiger partial charge in [0.2, 0.25) is 0 Å². The number of carbonyl (C=O) groups is 2. The lowest BCUT2D eigenvalue weighted by Gasteiger charge is -2.15. The number of benzene rings is 3. The van der Waals surface area contributed by atoms with Gasteiger partial charge in [0.15, 0.2) is 0 Å². The summed E-state index contributed by atoms with van der Waals surface area (Å²) >= 11 is 0. The van der Waals surface area contributed by atoms with Gasteiger partial charge in [-0.25, -0.2) is 9.29 Å². The molecule has 4 rings (SSSR count). The van der Waals surface area contributed by atoms with Crippen LogP contribution < -0.4 is 10.2 Å². The van der Waals surface area contributed by atoms with Crippen molar-refractivity contribution in [1.29, 1.82) is 0 Å². The fraction of sp³-hybridized carbons (Fsp3) is 0.0435. The fourth-order valence-corrected chi connectivity index (χ4v) is 3.29. The number of alkyl halides is 3. The molecule has 0 radical (unpaired) electrons. The second kappa shape index (κ2) is 7.71. The summed E-state index contributed by atoms with van der Waals surface area (Å²) in [5, 5.41) is 2.67. The Morgan fingerprint density at radius 1 is 0.774 bits per heavy atom. The monoisotopic (exact) mass is 426 g/mol. The van der Waals surface area contributed by atoms with Gasteiger partial charge in [-0.1, -0.05) is 42.5 Å². The van der Waals surface area contributed by atoms with Gasteiger partial charge in [0.05, 0.1) is 16.8 Å². The Labute approximate surface area is 174 Å². The minimum atomic E-state index is -4.57. The van der Waals surface area contributed by atoms with Crippen molar-refractivity contribution in [2.24, 2.45) is 0 Å². The van der Waals surface area contributed by atoms with E-state index < -0.39 is 29.4 Å². The SMILES string of the molecule is O=C1C(Nc2cccc(C(F)(F)F)c2)=C(c2ccccc2)C(=O)N1c1cccc(F)c1. The summed E-state index contributed by atoms with van der Waals surface area (Å²) in [4.78, 5) is 27.1. The fourth-order valence-electron chi connectivity index (χ4n) is 3.29. The maximum absolute atomic E-state index is 13.7. The molecule has 31 heavy (non-hydrogen) atoms. The topological polar surface area (TPSA) is 49.4 Å². The van der Waals surface area contributed by atoms with Crippen molar-refractivity contribution in [2.45, 2.75) is 6.18 Å². The van der Waals surface area contributed by atoms with Crippen LogP contribution in [0.3, 0.4) is 0 Å². The number of hydrogen-bond acceptors (Lipinski definition) is 3. The Morgan fingerprint density at radius 2 is 1.48 bits per heavy atom. The van der Waals surface area contributed by atoms with E-state index in [4.69, 9.17) is 0 Å². The summed E-state index contributed by atoms with van der Waals surface area (Å²) < 4.78 is 52.9. The van der Waals surface area contributed by atoms with Gasteiger partial charge in [-0.05, 0) is 42.0 Å². The Hall–Kier alpha value is -3.94. The molecule has 0 spiro atoms. The van der Waals surface area contributed by atoms with Crippen LogP contribution in [0.5, 0.6) is 0 Å². The van der Waals surface area contributed by atoms with E-state index in [-0.39, 0.29) is 22.6 Å². The van der Waals surface area contributed by atoms with Crippen molar-refractivity contribution in [1.82, 2.24) is 0 Å². The van der Waals surface area contributed by atoms with Crippen LogP contribution >= 0.6 is 0 Å². The van der Waals surface area contributed by atoms with Crippen molar-refractivity contribution < 1.29 is 27.2 Å². The maximum Gasteiger partial charge on any atom is 0.416 e. The van der Waals surface area contributed by atoms with Crippen LogP contribution in [-0.4, -0.2) is 11.8 Å². The first-order chi connectivity index (χ1) is 14.8. The molecule has 0 fully saturated rings. The van der Waals surface area contributed by atoms with E-state index in [1.54, 1.807) is 30.3 Å². The van der Waals surface area contributed by atoms with Crippen LogP contribution in [-0.2, 0) is 15.8 Å². The number of halogens is 4. The number of carbonyl (C=O) groups excluding carboxylic acids is 2. The zero-order valence-corrected chi connectivity index (χ0v) is 15.8. The highest BCUT2D eigenvalue weighted by atomic mass is 19.4. The highest BCUT2D eigenvalue weighted by molar-refractivity contribution is 6.46. The number of amides is 2. The first kappa shape index (κ1) is 20.3. The number of hydrogen-bond donors (Lipinski definition) is 1. The van der Waals surface area contributed by atoms with Gasteiger partial charge in [0.25, 0.3) is 11.8 Å². The highest BCUT2D eigenvalue weighted by Gasteiger charge is 2.40. The number of rotatable bonds is 4.